The van der Waals surface area contributed by atoms with E-state index in [2.05, 4.69) is 5.32 Å². The zero-order valence-electron chi connectivity index (χ0n) is 19.8. The molecule has 1 heterocycles. The second kappa shape index (κ2) is 10.7. The van der Waals surface area contributed by atoms with E-state index >= 15 is 0 Å². The maximum Gasteiger partial charge on any atom is 0.269 e. The molecule has 0 radical (unpaired) electrons. The SMILES string of the molecule is CNC(=O)[C@H](Cc1ccccc1)N(Cc1ccccc1)C(=O)CCN1C(=O)c2ccccc2S1(=O)=O. The fourth-order valence-corrected chi connectivity index (χ4v) is 5.86. The maximum atomic E-state index is 13.6. The van der Waals surface area contributed by atoms with Crippen molar-refractivity contribution in [3.63, 3.8) is 0 Å². The van der Waals surface area contributed by atoms with Gasteiger partial charge in [-0.25, -0.2) is 12.7 Å². The summed E-state index contributed by atoms with van der Waals surface area (Å²) < 4.78 is 26.6. The summed E-state index contributed by atoms with van der Waals surface area (Å²) in [7, 11) is -2.52. The number of likely N-dealkylation sites (N-methyl/N-ethyl adjacent to an activating group) is 1. The molecule has 0 bridgehead atoms. The van der Waals surface area contributed by atoms with Crippen LogP contribution < -0.4 is 5.32 Å². The Balaban J connectivity index is 1.60. The van der Waals surface area contributed by atoms with Gasteiger partial charge in [0, 0.05) is 33.0 Å². The first-order valence-corrected chi connectivity index (χ1v) is 13.0. The Hall–Kier alpha value is -3.98. The third kappa shape index (κ3) is 5.16. The van der Waals surface area contributed by atoms with Crippen LogP contribution in [-0.2, 0) is 32.6 Å². The van der Waals surface area contributed by atoms with Gasteiger partial charge in [-0.1, -0.05) is 72.8 Å². The minimum Gasteiger partial charge on any atom is -0.357 e. The molecule has 3 aromatic rings. The average Bonchev–Trinajstić information content (AvgIpc) is 3.10. The van der Waals surface area contributed by atoms with Gasteiger partial charge in [-0.05, 0) is 23.3 Å². The lowest BCUT2D eigenvalue weighted by Crippen LogP contribution is -2.50. The van der Waals surface area contributed by atoms with Crippen LogP contribution in [0, 0.1) is 0 Å². The van der Waals surface area contributed by atoms with Crippen molar-refractivity contribution in [2.75, 3.05) is 13.6 Å². The topological polar surface area (TPSA) is 104 Å². The number of nitrogens with zero attached hydrogens (tertiary/aromatic N) is 2. The third-order valence-electron chi connectivity index (χ3n) is 6.15. The summed E-state index contributed by atoms with van der Waals surface area (Å²) in [5.41, 5.74) is 1.80. The zero-order valence-corrected chi connectivity index (χ0v) is 20.6. The highest BCUT2D eigenvalue weighted by Crippen LogP contribution is 2.30. The number of benzene rings is 3. The van der Waals surface area contributed by atoms with Crippen molar-refractivity contribution >= 4 is 27.7 Å². The van der Waals surface area contributed by atoms with Crippen molar-refractivity contribution in [2.24, 2.45) is 0 Å². The van der Waals surface area contributed by atoms with Gasteiger partial charge in [0.2, 0.25) is 11.8 Å². The fraction of sp³-hybridized carbons (Fsp3) is 0.222. The number of hydrogen-bond acceptors (Lipinski definition) is 5. The number of nitrogens with one attached hydrogen (secondary N) is 1. The first-order chi connectivity index (χ1) is 17.3. The number of sulfonamides is 1. The first-order valence-electron chi connectivity index (χ1n) is 11.6. The number of hydrogen-bond donors (Lipinski definition) is 1. The predicted octanol–water partition coefficient (Wildman–Crippen LogP) is 2.61. The van der Waals surface area contributed by atoms with E-state index in [4.69, 9.17) is 0 Å². The summed E-state index contributed by atoms with van der Waals surface area (Å²) >= 11 is 0. The van der Waals surface area contributed by atoms with E-state index in [1.54, 1.807) is 12.1 Å². The highest BCUT2D eigenvalue weighted by atomic mass is 32.2. The van der Waals surface area contributed by atoms with Crippen molar-refractivity contribution in [3.05, 3.63) is 102 Å². The van der Waals surface area contributed by atoms with Crippen molar-refractivity contribution < 1.29 is 22.8 Å². The van der Waals surface area contributed by atoms with Crippen molar-refractivity contribution in [3.8, 4) is 0 Å². The van der Waals surface area contributed by atoms with Crippen LogP contribution in [0.15, 0.2) is 89.8 Å². The monoisotopic (exact) mass is 505 g/mol. The predicted molar refractivity (Wildman–Crippen MR) is 134 cm³/mol. The van der Waals surface area contributed by atoms with E-state index in [9.17, 15) is 22.8 Å². The van der Waals surface area contributed by atoms with Crippen molar-refractivity contribution in [1.82, 2.24) is 14.5 Å². The lowest BCUT2D eigenvalue weighted by molar-refractivity contribution is -0.141. The van der Waals surface area contributed by atoms with Gasteiger partial charge < -0.3 is 10.2 Å². The molecule has 0 saturated heterocycles. The standard InChI is InChI=1S/C27H27N3O5S/c1-28-26(32)23(18-20-10-4-2-5-11-20)29(19-21-12-6-3-7-13-21)25(31)16-17-30-27(33)22-14-8-9-15-24(22)36(30,34)35/h2-15,23H,16-19H2,1H3,(H,28,32)/t23-/m0/s1. The number of fused-ring (bicyclic) bond motifs is 1. The number of carbonyl (C=O) groups excluding carboxylic acids is 3. The molecular formula is C27H27N3O5S. The van der Waals surface area contributed by atoms with Crippen molar-refractivity contribution in [2.45, 2.75) is 30.3 Å². The van der Waals surface area contributed by atoms with E-state index in [1.807, 2.05) is 60.7 Å². The van der Waals surface area contributed by atoms with Crippen LogP contribution in [0.5, 0.6) is 0 Å². The van der Waals surface area contributed by atoms with E-state index in [1.165, 1.54) is 24.1 Å². The van der Waals surface area contributed by atoms with Gasteiger partial charge in [-0.2, -0.15) is 0 Å². The highest BCUT2D eigenvalue weighted by Gasteiger charge is 2.41. The molecule has 1 aliphatic heterocycles. The van der Waals surface area contributed by atoms with Crippen LogP contribution in [0.3, 0.4) is 0 Å². The Bertz CT molecular complexity index is 1360. The van der Waals surface area contributed by atoms with Gasteiger partial charge in [0.1, 0.15) is 10.9 Å². The summed E-state index contributed by atoms with van der Waals surface area (Å²) in [6, 6.07) is 23.8. The molecule has 1 N–H and O–H groups in total. The molecule has 1 aliphatic rings. The van der Waals surface area contributed by atoms with E-state index in [-0.39, 0.29) is 42.3 Å². The minimum absolute atomic E-state index is 0.0593. The summed E-state index contributed by atoms with van der Waals surface area (Å²) in [6.45, 7) is -0.155. The summed E-state index contributed by atoms with van der Waals surface area (Å²) in [5, 5.41) is 2.64. The van der Waals surface area contributed by atoms with E-state index < -0.39 is 27.9 Å². The Morgan fingerprint density at radius 1 is 0.889 bits per heavy atom. The van der Waals surface area contributed by atoms with Crippen LogP contribution in [-0.4, -0.2) is 55.0 Å². The summed E-state index contributed by atoms with van der Waals surface area (Å²) in [5.74, 6) is -1.41. The molecule has 1 atom stereocenters. The van der Waals surface area contributed by atoms with Crippen LogP contribution in [0.1, 0.15) is 27.9 Å². The zero-order chi connectivity index (χ0) is 25.7. The number of amides is 3. The average molecular weight is 506 g/mol. The van der Waals surface area contributed by atoms with Crippen LogP contribution in [0.4, 0.5) is 0 Å². The van der Waals surface area contributed by atoms with Crippen molar-refractivity contribution in [1.29, 1.82) is 0 Å². The Morgan fingerprint density at radius 3 is 2.08 bits per heavy atom. The molecule has 3 amide bonds. The maximum absolute atomic E-state index is 13.6. The third-order valence-corrected chi connectivity index (χ3v) is 7.99. The second-order valence-corrected chi connectivity index (χ2v) is 10.3. The number of rotatable bonds is 9. The molecule has 9 heteroatoms. The lowest BCUT2D eigenvalue weighted by Gasteiger charge is -2.31. The summed E-state index contributed by atoms with van der Waals surface area (Å²) in [6.07, 6.45) is 0.0273. The smallest absolute Gasteiger partial charge is 0.269 e. The largest absolute Gasteiger partial charge is 0.357 e. The Morgan fingerprint density at radius 2 is 1.47 bits per heavy atom. The van der Waals surface area contributed by atoms with Gasteiger partial charge in [0.25, 0.3) is 15.9 Å². The van der Waals surface area contributed by atoms with E-state index in [0.717, 1.165) is 15.4 Å². The first kappa shape index (κ1) is 25.1. The normalized spacial score (nSPS) is 14.7. The van der Waals surface area contributed by atoms with Gasteiger partial charge in [-0.15, -0.1) is 0 Å². The molecule has 3 aromatic carbocycles. The van der Waals surface area contributed by atoms with E-state index in [0.29, 0.717) is 0 Å². The molecule has 4 rings (SSSR count). The second-order valence-electron chi connectivity index (χ2n) is 8.46. The molecule has 0 saturated carbocycles. The minimum atomic E-state index is -4.03. The molecule has 0 aromatic heterocycles. The molecule has 0 fully saturated rings. The Kier molecular flexibility index (Phi) is 7.49. The van der Waals surface area contributed by atoms with Crippen LogP contribution in [0.25, 0.3) is 0 Å². The van der Waals surface area contributed by atoms with Gasteiger partial charge in [0.15, 0.2) is 0 Å². The molecular weight excluding hydrogens is 478 g/mol. The molecule has 186 valence electrons. The lowest BCUT2D eigenvalue weighted by atomic mass is 10.0. The Labute approximate surface area is 210 Å². The van der Waals surface area contributed by atoms with Gasteiger partial charge >= 0.3 is 0 Å². The molecule has 8 nitrogen and oxygen atoms in total. The van der Waals surface area contributed by atoms with Gasteiger partial charge in [-0.3, -0.25) is 14.4 Å². The highest BCUT2D eigenvalue weighted by molar-refractivity contribution is 7.90. The van der Waals surface area contributed by atoms with Gasteiger partial charge in [0.05, 0.1) is 5.56 Å². The molecule has 0 spiro atoms. The fourth-order valence-electron chi connectivity index (χ4n) is 4.29. The number of carbonyl (C=O) groups is 3. The quantitative estimate of drug-likeness (QED) is 0.482. The molecule has 0 unspecified atom stereocenters. The summed E-state index contributed by atoms with van der Waals surface area (Å²) in [4.78, 5) is 40.7. The molecule has 0 aliphatic carbocycles. The molecule has 36 heavy (non-hydrogen) atoms. The van der Waals surface area contributed by atoms with Crippen LogP contribution in [0.2, 0.25) is 0 Å². The van der Waals surface area contributed by atoms with Crippen LogP contribution >= 0.6 is 0 Å².